The van der Waals surface area contributed by atoms with Crippen LogP contribution >= 0.6 is 12.4 Å². The number of hydrogen-bond acceptors (Lipinski definition) is 2. The van der Waals surface area contributed by atoms with E-state index in [0.717, 1.165) is 13.1 Å². The summed E-state index contributed by atoms with van der Waals surface area (Å²) in [6.45, 7) is 5.83. The molecule has 0 bridgehead atoms. The molecule has 1 saturated carbocycles. The van der Waals surface area contributed by atoms with Crippen LogP contribution in [0.1, 0.15) is 58.8 Å². The standard InChI is InChI=1S/C15H28N2O.ClH/c1-12(13(2)16)14(18)17-10-6-9-15(11-17)7-4-3-5-8-15;/h12-13H,3-11,16H2,1-2H3;1H. The molecule has 2 aliphatic rings. The quantitative estimate of drug-likeness (QED) is 0.849. The molecule has 1 amide bonds. The lowest BCUT2D eigenvalue weighted by Gasteiger charge is -2.46. The SMILES string of the molecule is CC(N)C(C)C(=O)N1CCCC2(CCCCC2)C1.Cl. The predicted octanol–water partition coefficient (Wildman–Crippen LogP) is 2.96. The molecule has 1 spiro atoms. The highest BCUT2D eigenvalue weighted by Gasteiger charge is 2.38. The summed E-state index contributed by atoms with van der Waals surface area (Å²) in [7, 11) is 0. The highest BCUT2D eigenvalue weighted by atomic mass is 35.5. The largest absolute Gasteiger partial charge is 0.342 e. The van der Waals surface area contributed by atoms with Crippen LogP contribution in [0.4, 0.5) is 0 Å². The number of carbonyl (C=O) groups excluding carboxylic acids is 1. The predicted molar refractivity (Wildman–Crippen MR) is 81.4 cm³/mol. The molecule has 2 N–H and O–H groups in total. The topological polar surface area (TPSA) is 46.3 Å². The third-order valence-corrected chi connectivity index (χ3v) is 5.07. The molecule has 1 heterocycles. The van der Waals surface area contributed by atoms with Crippen LogP contribution < -0.4 is 5.73 Å². The van der Waals surface area contributed by atoms with Crippen LogP contribution in [0.25, 0.3) is 0 Å². The van der Waals surface area contributed by atoms with E-state index in [1.54, 1.807) is 0 Å². The maximum Gasteiger partial charge on any atom is 0.226 e. The summed E-state index contributed by atoms with van der Waals surface area (Å²) in [5, 5.41) is 0. The molecule has 0 aromatic heterocycles. The van der Waals surface area contributed by atoms with Crippen LogP contribution in [0.2, 0.25) is 0 Å². The molecule has 1 aliphatic heterocycles. The third kappa shape index (κ3) is 3.85. The Balaban J connectivity index is 0.00000180. The van der Waals surface area contributed by atoms with Gasteiger partial charge in [0, 0.05) is 19.1 Å². The molecule has 2 unspecified atom stereocenters. The number of likely N-dealkylation sites (tertiary alicyclic amines) is 1. The fraction of sp³-hybridized carbons (Fsp3) is 0.933. The molecule has 0 aromatic carbocycles. The molecule has 4 heteroatoms. The van der Waals surface area contributed by atoms with Crippen LogP contribution in [0.5, 0.6) is 0 Å². The van der Waals surface area contributed by atoms with Gasteiger partial charge in [-0.15, -0.1) is 12.4 Å². The van der Waals surface area contributed by atoms with Crippen molar-refractivity contribution in [1.29, 1.82) is 0 Å². The molecule has 0 aromatic rings. The Morgan fingerprint density at radius 3 is 2.26 bits per heavy atom. The van der Waals surface area contributed by atoms with Crippen LogP contribution in [0.15, 0.2) is 0 Å². The van der Waals surface area contributed by atoms with E-state index in [2.05, 4.69) is 4.90 Å². The minimum atomic E-state index is -0.0401. The molecule has 2 fully saturated rings. The Kier molecular flexibility index (Phi) is 6.13. The second-order valence-electron chi connectivity index (χ2n) is 6.57. The van der Waals surface area contributed by atoms with Gasteiger partial charge in [-0.2, -0.15) is 0 Å². The minimum absolute atomic E-state index is 0. The van der Waals surface area contributed by atoms with Gasteiger partial charge in [0.15, 0.2) is 0 Å². The molecule has 1 aliphatic carbocycles. The molecule has 1 saturated heterocycles. The average Bonchev–Trinajstić information content (AvgIpc) is 2.38. The van der Waals surface area contributed by atoms with E-state index in [4.69, 9.17) is 5.73 Å². The number of carbonyl (C=O) groups is 1. The Hall–Kier alpha value is -0.280. The van der Waals surface area contributed by atoms with E-state index in [1.807, 2.05) is 13.8 Å². The lowest BCUT2D eigenvalue weighted by atomic mass is 9.69. The fourth-order valence-electron chi connectivity index (χ4n) is 3.62. The average molecular weight is 289 g/mol. The summed E-state index contributed by atoms with van der Waals surface area (Å²) in [4.78, 5) is 14.5. The Morgan fingerprint density at radius 1 is 1.11 bits per heavy atom. The van der Waals surface area contributed by atoms with Crippen LogP contribution in [0, 0.1) is 11.3 Å². The highest BCUT2D eigenvalue weighted by molar-refractivity contribution is 5.85. The third-order valence-electron chi connectivity index (χ3n) is 5.07. The summed E-state index contributed by atoms with van der Waals surface area (Å²) < 4.78 is 0. The van der Waals surface area contributed by atoms with Crippen LogP contribution in [0.3, 0.4) is 0 Å². The van der Waals surface area contributed by atoms with E-state index in [-0.39, 0.29) is 30.3 Å². The molecule has 112 valence electrons. The van der Waals surface area contributed by atoms with Gasteiger partial charge in [-0.3, -0.25) is 4.79 Å². The molecule has 3 nitrogen and oxygen atoms in total. The van der Waals surface area contributed by atoms with E-state index >= 15 is 0 Å². The van der Waals surface area contributed by atoms with Gasteiger partial charge in [0.05, 0.1) is 5.92 Å². The van der Waals surface area contributed by atoms with Crippen molar-refractivity contribution in [1.82, 2.24) is 4.90 Å². The zero-order valence-electron chi connectivity index (χ0n) is 12.4. The van der Waals surface area contributed by atoms with Crippen molar-refractivity contribution < 1.29 is 4.79 Å². The molecular weight excluding hydrogens is 260 g/mol. The number of nitrogens with two attached hydrogens (primary N) is 1. The van der Waals surface area contributed by atoms with Gasteiger partial charge in [0.1, 0.15) is 0 Å². The van der Waals surface area contributed by atoms with E-state index in [1.165, 1.54) is 44.9 Å². The van der Waals surface area contributed by atoms with Crippen molar-refractivity contribution in [3.63, 3.8) is 0 Å². The van der Waals surface area contributed by atoms with Gasteiger partial charge >= 0.3 is 0 Å². The number of halogens is 1. The van der Waals surface area contributed by atoms with Crippen LogP contribution in [-0.2, 0) is 4.79 Å². The van der Waals surface area contributed by atoms with Gasteiger partial charge in [-0.05, 0) is 38.0 Å². The summed E-state index contributed by atoms with van der Waals surface area (Å²) in [5.41, 5.74) is 6.31. The summed E-state index contributed by atoms with van der Waals surface area (Å²) in [6.07, 6.45) is 9.23. The van der Waals surface area contributed by atoms with Gasteiger partial charge in [0.25, 0.3) is 0 Å². The first-order valence-corrected chi connectivity index (χ1v) is 7.58. The number of hydrogen-bond donors (Lipinski definition) is 1. The molecule has 0 radical (unpaired) electrons. The first kappa shape index (κ1) is 16.8. The summed E-state index contributed by atoms with van der Waals surface area (Å²) in [6, 6.07) is -0.0401. The second-order valence-corrected chi connectivity index (χ2v) is 6.57. The first-order valence-electron chi connectivity index (χ1n) is 7.58. The van der Waals surface area contributed by atoms with Crippen molar-refractivity contribution in [2.24, 2.45) is 17.1 Å². The smallest absolute Gasteiger partial charge is 0.226 e. The van der Waals surface area contributed by atoms with Crippen LogP contribution in [-0.4, -0.2) is 29.9 Å². The molecule has 19 heavy (non-hydrogen) atoms. The molecule has 2 atom stereocenters. The number of nitrogens with zero attached hydrogens (tertiary/aromatic N) is 1. The van der Waals surface area contributed by atoms with Crippen molar-refractivity contribution in [3.05, 3.63) is 0 Å². The van der Waals surface area contributed by atoms with E-state index < -0.39 is 0 Å². The van der Waals surface area contributed by atoms with Crippen molar-refractivity contribution in [2.45, 2.75) is 64.8 Å². The molecular formula is C15H29ClN2O. The summed E-state index contributed by atoms with van der Waals surface area (Å²) >= 11 is 0. The fourth-order valence-corrected chi connectivity index (χ4v) is 3.62. The number of rotatable bonds is 2. The zero-order valence-corrected chi connectivity index (χ0v) is 13.2. The van der Waals surface area contributed by atoms with E-state index in [9.17, 15) is 4.79 Å². The van der Waals surface area contributed by atoms with Crippen molar-refractivity contribution >= 4 is 18.3 Å². The molecule has 2 rings (SSSR count). The lowest BCUT2D eigenvalue weighted by Crippen LogP contribution is -2.50. The monoisotopic (exact) mass is 288 g/mol. The Bertz CT molecular complexity index is 295. The van der Waals surface area contributed by atoms with E-state index in [0.29, 0.717) is 5.41 Å². The second kappa shape index (κ2) is 6.94. The Labute approximate surface area is 123 Å². The summed E-state index contributed by atoms with van der Waals surface area (Å²) in [5.74, 6) is 0.235. The van der Waals surface area contributed by atoms with Gasteiger partial charge < -0.3 is 10.6 Å². The van der Waals surface area contributed by atoms with Gasteiger partial charge in [-0.1, -0.05) is 26.2 Å². The van der Waals surface area contributed by atoms with Crippen molar-refractivity contribution in [2.75, 3.05) is 13.1 Å². The van der Waals surface area contributed by atoms with Gasteiger partial charge in [0.2, 0.25) is 5.91 Å². The number of piperidine rings is 1. The van der Waals surface area contributed by atoms with Crippen molar-refractivity contribution in [3.8, 4) is 0 Å². The zero-order chi connectivity index (χ0) is 13.2. The maximum atomic E-state index is 12.4. The Morgan fingerprint density at radius 2 is 1.68 bits per heavy atom. The number of amides is 1. The normalized spacial score (nSPS) is 25.5. The minimum Gasteiger partial charge on any atom is -0.342 e. The van der Waals surface area contributed by atoms with Gasteiger partial charge in [-0.25, -0.2) is 0 Å². The maximum absolute atomic E-state index is 12.4. The first-order chi connectivity index (χ1) is 8.54. The lowest BCUT2D eigenvalue weighted by molar-refractivity contribution is -0.139. The highest BCUT2D eigenvalue weighted by Crippen LogP contribution is 2.43.